The predicted octanol–water partition coefficient (Wildman–Crippen LogP) is 3.25. The van der Waals surface area contributed by atoms with E-state index in [2.05, 4.69) is 27.2 Å². The summed E-state index contributed by atoms with van der Waals surface area (Å²) in [7, 11) is 1.63. The molecule has 3 aromatic rings. The molecule has 6 heteroatoms. The Morgan fingerprint density at radius 3 is 2.52 bits per heavy atom. The number of rotatable bonds is 4. The van der Waals surface area contributed by atoms with Gasteiger partial charge in [-0.05, 0) is 36.4 Å². The molecule has 1 saturated heterocycles. The van der Waals surface area contributed by atoms with Crippen LogP contribution in [-0.2, 0) is 4.74 Å². The fourth-order valence-electron chi connectivity index (χ4n) is 2.91. The van der Waals surface area contributed by atoms with Crippen molar-refractivity contribution in [3.05, 3.63) is 48.5 Å². The minimum absolute atomic E-state index is 0.449. The molecule has 25 heavy (non-hydrogen) atoms. The van der Waals surface area contributed by atoms with Gasteiger partial charge in [-0.3, -0.25) is 0 Å². The first-order valence-electron chi connectivity index (χ1n) is 8.25. The normalized spacial score (nSPS) is 14.5. The maximum atomic E-state index is 5.43. The van der Waals surface area contributed by atoms with Crippen molar-refractivity contribution >= 4 is 5.69 Å². The Hall–Kier alpha value is -2.86. The lowest BCUT2D eigenvalue weighted by Crippen LogP contribution is -2.36. The van der Waals surface area contributed by atoms with Crippen LogP contribution in [0.1, 0.15) is 0 Å². The van der Waals surface area contributed by atoms with Gasteiger partial charge in [-0.2, -0.15) is 4.98 Å². The fourth-order valence-corrected chi connectivity index (χ4v) is 2.91. The molecule has 1 fully saturated rings. The summed E-state index contributed by atoms with van der Waals surface area (Å²) in [6.07, 6.45) is 0. The zero-order valence-electron chi connectivity index (χ0n) is 14.0. The molecule has 6 nitrogen and oxygen atoms in total. The maximum Gasteiger partial charge on any atom is 0.262 e. The van der Waals surface area contributed by atoms with E-state index in [0.29, 0.717) is 17.5 Å². The third-order valence-corrected chi connectivity index (χ3v) is 4.27. The Kier molecular flexibility index (Phi) is 4.35. The van der Waals surface area contributed by atoms with Crippen LogP contribution in [0.15, 0.2) is 53.1 Å². The molecule has 0 amide bonds. The number of aromatic nitrogens is 2. The maximum absolute atomic E-state index is 5.43. The molecule has 2 aromatic carbocycles. The van der Waals surface area contributed by atoms with Gasteiger partial charge < -0.3 is 18.9 Å². The Balaban J connectivity index is 1.57. The van der Waals surface area contributed by atoms with E-state index in [4.69, 9.17) is 14.0 Å². The second-order valence-corrected chi connectivity index (χ2v) is 5.77. The largest absolute Gasteiger partial charge is 0.496 e. The summed E-state index contributed by atoms with van der Waals surface area (Å²) < 4.78 is 16.2. The van der Waals surface area contributed by atoms with Crippen molar-refractivity contribution in [3.8, 4) is 28.6 Å². The van der Waals surface area contributed by atoms with Gasteiger partial charge in [0.25, 0.3) is 5.89 Å². The molecule has 1 aliphatic rings. The molecule has 0 atom stereocenters. The molecule has 2 heterocycles. The van der Waals surface area contributed by atoms with E-state index >= 15 is 0 Å². The third-order valence-electron chi connectivity index (χ3n) is 4.27. The Bertz CT molecular complexity index is 839. The summed E-state index contributed by atoms with van der Waals surface area (Å²) in [5.41, 5.74) is 2.89. The molecule has 1 aliphatic heterocycles. The Labute approximate surface area is 146 Å². The first kappa shape index (κ1) is 15.7. The molecule has 1 aromatic heterocycles. The van der Waals surface area contributed by atoms with E-state index in [-0.39, 0.29) is 0 Å². The van der Waals surface area contributed by atoms with Crippen LogP contribution in [0.3, 0.4) is 0 Å². The van der Waals surface area contributed by atoms with Gasteiger partial charge in [0.2, 0.25) is 5.82 Å². The lowest BCUT2D eigenvalue weighted by molar-refractivity contribution is 0.122. The van der Waals surface area contributed by atoms with Crippen molar-refractivity contribution in [2.24, 2.45) is 0 Å². The van der Waals surface area contributed by atoms with Gasteiger partial charge in [0.05, 0.1) is 25.9 Å². The molecule has 0 N–H and O–H groups in total. The highest BCUT2D eigenvalue weighted by Gasteiger charge is 2.15. The van der Waals surface area contributed by atoms with Gasteiger partial charge in [0.15, 0.2) is 0 Å². The zero-order valence-corrected chi connectivity index (χ0v) is 14.0. The summed E-state index contributed by atoms with van der Waals surface area (Å²) >= 11 is 0. The van der Waals surface area contributed by atoms with Crippen molar-refractivity contribution in [1.82, 2.24) is 10.1 Å². The topological polar surface area (TPSA) is 60.6 Å². The number of morpholine rings is 1. The van der Waals surface area contributed by atoms with Gasteiger partial charge in [-0.25, -0.2) is 0 Å². The Morgan fingerprint density at radius 1 is 1.00 bits per heavy atom. The molecule has 0 unspecified atom stereocenters. The molecule has 0 radical (unpaired) electrons. The first-order valence-corrected chi connectivity index (χ1v) is 8.25. The lowest BCUT2D eigenvalue weighted by atomic mass is 10.1. The number of nitrogens with zero attached hydrogens (tertiary/aromatic N) is 3. The zero-order chi connectivity index (χ0) is 17.1. The Morgan fingerprint density at radius 2 is 1.76 bits per heavy atom. The minimum atomic E-state index is 0.449. The van der Waals surface area contributed by atoms with Crippen molar-refractivity contribution in [3.63, 3.8) is 0 Å². The minimum Gasteiger partial charge on any atom is -0.496 e. The van der Waals surface area contributed by atoms with Crippen LogP contribution in [-0.4, -0.2) is 43.6 Å². The third kappa shape index (κ3) is 3.21. The number of methoxy groups -OCH3 is 1. The highest BCUT2D eigenvalue weighted by atomic mass is 16.5. The van der Waals surface area contributed by atoms with Crippen LogP contribution >= 0.6 is 0 Å². The van der Waals surface area contributed by atoms with E-state index in [1.54, 1.807) is 7.11 Å². The molecule has 4 rings (SSSR count). The second kappa shape index (κ2) is 6.94. The van der Waals surface area contributed by atoms with Crippen molar-refractivity contribution in [1.29, 1.82) is 0 Å². The van der Waals surface area contributed by atoms with E-state index in [9.17, 15) is 0 Å². The smallest absolute Gasteiger partial charge is 0.262 e. The summed E-state index contributed by atoms with van der Waals surface area (Å²) in [6, 6.07) is 15.8. The van der Waals surface area contributed by atoms with E-state index in [0.717, 1.165) is 37.4 Å². The highest BCUT2D eigenvalue weighted by Crippen LogP contribution is 2.30. The molecule has 0 aliphatic carbocycles. The summed E-state index contributed by atoms with van der Waals surface area (Å²) in [5.74, 6) is 1.72. The highest BCUT2D eigenvalue weighted by molar-refractivity contribution is 5.66. The van der Waals surface area contributed by atoms with Crippen molar-refractivity contribution < 1.29 is 14.0 Å². The quantitative estimate of drug-likeness (QED) is 0.728. The molecular formula is C19H19N3O3. The van der Waals surface area contributed by atoms with Gasteiger partial charge in [0, 0.05) is 24.3 Å². The average Bonchev–Trinajstić information content (AvgIpc) is 3.19. The number of anilines is 1. The van der Waals surface area contributed by atoms with Crippen molar-refractivity contribution in [2.75, 3.05) is 38.3 Å². The fraction of sp³-hybridized carbons (Fsp3) is 0.263. The van der Waals surface area contributed by atoms with E-state index in [1.165, 1.54) is 5.69 Å². The number of para-hydroxylation sites is 1. The van der Waals surface area contributed by atoms with E-state index < -0.39 is 0 Å². The van der Waals surface area contributed by atoms with Crippen LogP contribution in [0.2, 0.25) is 0 Å². The van der Waals surface area contributed by atoms with Gasteiger partial charge in [-0.1, -0.05) is 17.3 Å². The predicted molar refractivity (Wildman–Crippen MR) is 94.8 cm³/mol. The summed E-state index contributed by atoms with van der Waals surface area (Å²) in [6.45, 7) is 3.38. The summed E-state index contributed by atoms with van der Waals surface area (Å²) in [4.78, 5) is 6.82. The second-order valence-electron chi connectivity index (χ2n) is 5.77. The monoisotopic (exact) mass is 337 g/mol. The van der Waals surface area contributed by atoms with Gasteiger partial charge in [-0.15, -0.1) is 0 Å². The molecular weight excluding hydrogens is 318 g/mol. The average molecular weight is 337 g/mol. The van der Waals surface area contributed by atoms with E-state index in [1.807, 2.05) is 36.4 Å². The van der Waals surface area contributed by atoms with Crippen LogP contribution in [0.5, 0.6) is 5.75 Å². The van der Waals surface area contributed by atoms with Crippen LogP contribution in [0.25, 0.3) is 22.8 Å². The SMILES string of the molecule is COc1ccccc1-c1nc(-c2ccc(N3CCOCC3)cc2)no1. The number of hydrogen-bond donors (Lipinski definition) is 0. The van der Waals surface area contributed by atoms with Gasteiger partial charge in [0.1, 0.15) is 5.75 Å². The molecule has 0 saturated carbocycles. The van der Waals surface area contributed by atoms with Crippen LogP contribution in [0, 0.1) is 0 Å². The van der Waals surface area contributed by atoms with Gasteiger partial charge >= 0.3 is 0 Å². The first-order chi connectivity index (χ1) is 12.3. The number of ether oxygens (including phenoxy) is 2. The molecule has 0 bridgehead atoms. The number of benzene rings is 2. The molecule has 0 spiro atoms. The van der Waals surface area contributed by atoms with Crippen molar-refractivity contribution in [2.45, 2.75) is 0 Å². The number of hydrogen-bond acceptors (Lipinski definition) is 6. The van der Waals surface area contributed by atoms with Crippen LogP contribution < -0.4 is 9.64 Å². The van der Waals surface area contributed by atoms with Crippen LogP contribution in [0.4, 0.5) is 5.69 Å². The summed E-state index contributed by atoms with van der Waals surface area (Å²) in [5, 5.41) is 4.11. The standard InChI is InChI=1S/C19H19N3O3/c1-23-17-5-3-2-4-16(17)19-20-18(21-25-19)14-6-8-15(9-7-14)22-10-12-24-13-11-22/h2-9H,10-13H2,1H3. The molecule has 128 valence electrons. The lowest BCUT2D eigenvalue weighted by Gasteiger charge is -2.28.